The molecular weight excluding hydrogens is 309 g/mol. The fourth-order valence-corrected chi connectivity index (χ4v) is 2.92. The molecule has 1 aliphatic heterocycles. The first-order chi connectivity index (χ1) is 11.6. The summed E-state index contributed by atoms with van der Waals surface area (Å²) in [7, 11) is 0. The van der Waals surface area contributed by atoms with Crippen LogP contribution in [0.15, 0.2) is 42.5 Å². The van der Waals surface area contributed by atoms with Crippen molar-refractivity contribution in [2.24, 2.45) is 0 Å². The molecule has 0 spiro atoms. The number of carboxylic acids is 1. The number of aromatic nitrogens is 1. The third-order valence-electron chi connectivity index (χ3n) is 4.19. The molecule has 1 N–H and O–H groups in total. The summed E-state index contributed by atoms with van der Waals surface area (Å²) in [5, 5.41) is 9.07. The van der Waals surface area contributed by atoms with E-state index in [9.17, 15) is 9.18 Å². The van der Waals surface area contributed by atoms with Gasteiger partial charge >= 0.3 is 5.97 Å². The highest BCUT2D eigenvalue weighted by Gasteiger charge is 2.17. The van der Waals surface area contributed by atoms with Crippen molar-refractivity contribution in [1.82, 2.24) is 9.88 Å². The van der Waals surface area contributed by atoms with Crippen LogP contribution in [0, 0.1) is 5.82 Å². The van der Waals surface area contributed by atoms with Crippen molar-refractivity contribution in [1.29, 1.82) is 0 Å². The minimum Gasteiger partial charge on any atom is -0.477 e. The second kappa shape index (κ2) is 7.40. The monoisotopic (exact) mass is 329 g/mol. The highest BCUT2D eigenvalue weighted by atomic mass is 19.1. The molecular formula is C18H20FN3O2. The van der Waals surface area contributed by atoms with Gasteiger partial charge in [0.2, 0.25) is 0 Å². The highest BCUT2D eigenvalue weighted by molar-refractivity contribution is 5.85. The van der Waals surface area contributed by atoms with Crippen LogP contribution < -0.4 is 4.90 Å². The van der Waals surface area contributed by atoms with Crippen LogP contribution in [0.5, 0.6) is 0 Å². The molecule has 0 unspecified atom stereocenters. The van der Waals surface area contributed by atoms with Gasteiger partial charge in [0, 0.05) is 32.7 Å². The maximum Gasteiger partial charge on any atom is 0.354 e. The number of pyridine rings is 1. The lowest BCUT2D eigenvalue weighted by molar-refractivity contribution is 0.0690. The molecule has 0 aliphatic carbocycles. The molecule has 0 radical (unpaired) electrons. The van der Waals surface area contributed by atoms with E-state index >= 15 is 0 Å². The van der Waals surface area contributed by atoms with Crippen molar-refractivity contribution in [3.05, 3.63) is 59.5 Å². The van der Waals surface area contributed by atoms with Crippen molar-refractivity contribution in [3.63, 3.8) is 0 Å². The van der Waals surface area contributed by atoms with Gasteiger partial charge in [-0.2, -0.15) is 0 Å². The van der Waals surface area contributed by atoms with E-state index in [2.05, 4.69) is 14.8 Å². The van der Waals surface area contributed by atoms with Gasteiger partial charge in [-0.05, 0) is 36.2 Å². The third-order valence-corrected chi connectivity index (χ3v) is 4.19. The van der Waals surface area contributed by atoms with Gasteiger partial charge in [-0.3, -0.25) is 4.90 Å². The van der Waals surface area contributed by atoms with Crippen LogP contribution in [0.1, 0.15) is 22.5 Å². The maximum absolute atomic E-state index is 13.0. The van der Waals surface area contributed by atoms with Crippen LogP contribution in [-0.4, -0.2) is 47.1 Å². The minimum atomic E-state index is -1.01. The van der Waals surface area contributed by atoms with Crippen molar-refractivity contribution in [2.75, 3.05) is 31.1 Å². The van der Waals surface area contributed by atoms with Gasteiger partial charge in [0.05, 0.1) is 0 Å². The molecule has 1 saturated heterocycles. The van der Waals surface area contributed by atoms with Crippen LogP contribution in [0.3, 0.4) is 0 Å². The van der Waals surface area contributed by atoms with Gasteiger partial charge in [-0.25, -0.2) is 14.2 Å². The van der Waals surface area contributed by atoms with Crippen LogP contribution in [0.2, 0.25) is 0 Å². The zero-order chi connectivity index (χ0) is 16.9. The van der Waals surface area contributed by atoms with Crippen LogP contribution in [0.4, 0.5) is 10.2 Å². The fraction of sp³-hybridized carbons (Fsp3) is 0.333. The first kappa shape index (κ1) is 16.4. The standard InChI is InChI=1S/C18H20FN3O2/c19-15-7-5-14(6-8-15)13-21-9-2-10-22(12-11-21)17-4-1-3-16(20-17)18(23)24/h1,3-8H,2,9-13H2,(H,23,24). The molecule has 2 heterocycles. The average molecular weight is 329 g/mol. The van der Waals surface area contributed by atoms with E-state index in [0.717, 1.165) is 44.7 Å². The molecule has 0 atom stereocenters. The van der Waals surface area contributed by atoms with Gasteiger partial charge in [-0.15, -0.1) is 0 Å². The number of carbonyl (C=O) groups is 1. The van der Waals surface area contributed by atoms with E-state index in [1.165, 1.54) is 18.2 Å². The Hall–Kier alpha value is -2.47. The Morgan fingerprint density at radius 1 is 1.08 bits per heavy atom. The lowest BCUT2D eigenvalue weighted by atomic mass is 10.2. The van der Waals surface area contributed by atoms with E-state index in [0.29, 0.717) is 5.82 Å². The van der Waals surface area contributed by atoms with E-state index in [4.69, 9.17) is 5.11 Å². The lowest BCUT2D eigenvalue weighted by Crippen LogP contribution is -2.31. The summed E-state index contributed by atoms with van der Waals surface area (Å²) in [5.74, 6) is -0.520. The minimum absolute atomic E-state index is 0.0694. The predicted octanol–water partition coefficient (Wildman–Crippen LogP) is 2.63. The first-order valence-electron chi connectivity index (χ1n) is 8.04. The maximum atomic E-state index is 13.0. The summed E-state index contributed by atoms with van der Waals surface area (Å²) in [6.45, 7) is 4.23. The number of carboxylic acid groups (broad SMARTS) is 1. The number of halogens is 1. The molecule has 3 rings (SSSR count). The number of nitrogens with zero attached hydrogens (tertiary/aromatic N) is 3. The Morgan fingerprint density at radius 2 is 1.88 bits per heavy atom. The van der Waals surface area contributed by atoms with Crippen LogP contribution in [-0.2, 0) is 6.54 Å². The number of anilines is 1. The van der Waals surface area contributed by atoms with Gasteiger partial charge in [0.15, 0.2) is 5.69 Å². The second-order valence-corrected chi connectivity index (χ2v) is 5.93. The molecule has 1 aromatic heterocycles. The lowest BCUT2D eigenvalue weighted by Gasteiger charge is -2.23. The molecule has 2 aromatic rings. The van der Waals surface area contributed by atoms with Crippen molar-refractivity contribution in [3.8, 4) is 0 Å². The van der Waals surface area contributed by atoms with Crippen molar-refractivity contribution < 1.29 is 14.3 Å². The Labute approximate surface area is 140 Å². The molecule has 1 fully saturated rings. The fourth-order valence-electron chi connectivity index (χ4n) is 2.92. The molecule has 0 saturated carbocycles. The van der Waals surface area contributed by atoms with Gasteiger partial charge in [0.25, 0.3) is 0 Å². The Bertz CT molecular complexity index is 706. The van der Waals surface area contributed by atoms with Gasteiger partial charge < -0.3 is 10.0 Å². The molecule has 0 amide bonds. The number of rotatable bonds is 4. The summed E-state index contributed by atoms with van der Waals surface area (Å²) in [6, 6.07) is 11.7. The van der Waals surface area contributed by atoms with E-state index in [1.54, 1.807) is 6.07 Å². The molecule has 24 heavy (non-hydrogen) atoms. The van der Waals surface area contributed by atoms with Gasteiger partial charge in [0.1, 0.15) is 11.6 Å². The van der Waals surface area contributed by atoms with E-state index in [-0.39, 0.29) is 11.5 Å². The predicted molar refractivity (Wildman–Crippen MR) is 89.7 cm³/mol. The van der Waals surface area contributed by atoms with Crippen molar-refractivity contribution in [2.45, 2.75) is 13.0 Å². The smallest absolute Gasteiger partial charge is 0.354 e. The summed E-state index contributed by atoms with van der Waals surface area (Å²) in [6.07, 6.45) is 0.972. The quantitative estimate of drug-likeness (QED) is 0.934. The number of benzene rings is 1. The van der Waals surface area contributed by atoms with Crippen molar-refractivity contribution >= 4 is 11.8 Å². The Balaban J connectivity index is 1.63. The molecule has 0 bridgehead atoms. The number of hydrogen-bond acceptors (Lipinski definition) is 4. The zero-order valence-electron chi connectivity index (χ0n) is 13.4. The summed E-state index contributed by atoms with van der Waals surface area (Å²) >= 11 is 0. The second-order valence-electron chi connectivity index (χ2n) is 5.93. The molecule has 1 aromatic carbocycles. The van der Waals surface area contributed by atoms with Gasteiger partial charge in [-0.1, -0.05) is 18.2 Å². The highest BCUT2D eigenvalue weighted by Crippen LogP contribution is 2.16. The Morgan fingerprint density at radius 3 is 2.62 bits per heavy atom. The molecule has 6 heteroatoms. The average Bonchev–Trinajstić information content (AvgIpc) is 2.83. The van der Waals surface area contributed by atoms with E-state index in [1.807, 2.05) is 18.2 Å². The largest absolute Gasteiger partial charge is 0.477 e. The van der Waals surface area contributed by atoms with E-state index < -0.39 is 5.97 Å². The summed E-state index contributed by atoms with van der Waals surface area (Å²) in [4.78, 5) is 19.7. The Kier molecular flexibility index (Phi) is 5.05. The van der Waals surface area contributed by atoms with Crippen LogP contribution in [0.25, 0.3) is 0 Å². The first-order valence-corrected chi connectivity index (χ1v) is 8.04. The summed E-state index contributed by atoms with van der Waals surface area (Å²) in [5.41, 5.74) is 1.16. The number of hydrogen-bond donors (Lipinski definition) is 1. The molecule has 126 valence electrons. The normalized spacial score (nSPS) is 16.0. The zero-order valence-corrected chi connectivity index (χ0v) is 13.4. The molecule has 5 nitrogen and oxygen atoms in total. The topological polar surface area (TPSA) is 56.7 Å². The van der Waals surface area contributed by atoms with Crippen LogP contribution >= 0.6 is 0 Å². The summed E-state index contributed by atoms with van der Waals surface area (Å²) < 4.78 is 13.0. The number of aromatic carboxylic acids is 1. The third kappa shape index (κ3) is 4.08. The molecule has 1 aliphatic rings. The SMILES string of the molecule is O=C(O)c1cccc(N2CCCN(Cc3ccc(F)cc3)CC2)n1.